The average molecular weight is 433 g/mol. The Kier molecular flexibility index (Phi) is 5.61. The molecule has 0 aliphatic carbocycles. The molecule has 0 saturated carbocycles. The first-order chi connectivity index (χ1) is 15.6. The number of piperazine rings is 1. The molecule has 0 N–H and O–H groups in total. The number of carbonyl (C=O) groups excluding carboxylic acids is 2. The topological polar surface area (TPSA) is 74.6 Å². The Morgan fingerprint density at radius 1 is 0.906 bits per heavy atom. The van der Waals surface area contributed by atoms with Crippen molar-refractivity contribution in [2.24, 2.45) is 7.05 Å². The van der Waals surface area contributed by atoms with E-state index < -0.39 is 0 Å². The van der Waals surface area contributed by atoms with Crippen LogP contribution in [0.2, 0.25) is 0 Å². The van der Waals surface area contributed by atoms with E-state index in [1.54, 1.807) is 12.4 Å². The number of fused-ring (bicyclic) bond motifs is 3. The number of rotatable bonds is 6. The van der Waals surface area contributed by atoms with Gasteiger partial charge in [0.25, 0.3) is 5.91 Å². The molecule has 0 radical (unpaired) electrons. The summed E-state index contributed by atoms with van der Waals surface area (Å²) >= 11 is 0. The van der Waals surface area contributed by atoms with Gasteiger partial charge < -0.3 is 9.47 Å². The maximum atomic E-state index is 13.1. The fourth-order valence-electron chi connectivity index (χ4n) is 4.87. The molecule has 3 aromatic rings. The molecule has 0 unspecified atom stereocenters. The number of anilines is 1. The van der Waals surface area contributed by atoms with Gasteiger partial charge in [0.1, 0.15) is 5.69 Å². The summed E-state index contributed by atoms with van der Waals surface area (Å²) in [5, 5.41) is 1.01. The van der Waals surface area contributed by atoms with Crippen LogP contribution in [0.25, 0.3) is 10.9 Å². The summed E-state index contributed by atoms with van der Waals surface area (Å²) in [6.07, 6.45) is 5.63. The van der Waals surface area contributed by atoms with Crippen molar-refractivity contribution in [3.63, 3.8) is 0 Å². The SMILES string of the molecule is Cn1c2c(c3ccccc31)CC(=O)N(CCCCN1CCN(c3ncccn3)CC1)C2=O. The summed E-state index contributed by atoms with van der Waals surface area (Å²) in [6, 6.07) is 9.74. The highest BCUT2D eigenvalue weighted by atomic mass is 16.2. The molecule has 166 valence electrons. The van der Waals surface area contributed by atoms with Crippen molar-refractivity contribution in [1.82, 2.24) is 24.3 Å². The Morgan fingerprint density at radius 3 is 2.41 bits per heavy atom. The van der Waals surface area contributed by atoms with Crippen LogP contribution < -0.4 is 4.90 Å². The molecule has 32 heavy (non-hydrogen) atoms. The molecule has 8 heteroatoms. The zero-order chi connectivity index (χ0) is 22.1. The molecular weight excluding hydrogens is 404 g/mol. The lowest BCUT2D eigenvalue weighted by molar-refractivity contribution is -0.128. The molecule has 1 saturated heterocycles. The highest BCUT2D eigenvalue weighted by Crippen LogP contribution is 2.30. The van der Waals surface area contributed by atoms with E-state index in [4.69, 9.17) is 0 Å². The standard InChI is InChI=1S/C24H28N6O2/c1-27-20-8-3-2-7-18(20)19-17-21(31)30(23(32)22(19)27)12-5-4-11-28-13-15-29(16-14-28)24-25-9-6-10-26-24/h2-3,6-10H,4-5,11-17H2,1H3. The van der Waals surface area contributed by atoms with Crippen molar-refractivity contribution in [1.29, 1.82) is 0 Å². The van der Waals surface area contributed by atoms with Gasteiger partial charge in [-0.1, -0.05) is 18.2 Å². The Morgan fingerprint density at radius 2 is 1.62 bits per heavy atom. The molecule has 1 fully saturated rings. The van der Waals surface area contributed by atoms with E-state index in [2.05, 4.69) is 19.8 Å². The number of aromatic nitrogens is 3. The van der Waals surface area contributed by atoms with Crippen molar-refractivity contribution >= 4 is 28.7 Å². The van der Waals surface area contributed by atoms with Gasteiger partial charge in [-0.15, -0.1) is 0 Å². The van der Waals surface area contributed by atoms with Gasteiger partial charge in [-0.05, 0) is 31.5 Å². The van der Waals surface area contributed by atoms with Crippen LogP contribution in [0.1, 0.15) is 28.9 Å². The molecule has 8 nitrogen and oxygen atoms in total. The van der Waals surface area contributed by atoms with E-state index in [0.717, 1.165) is 68.0 Å². The number of amides is 2. The number of hydrogen-bond acceptors (Lipinski definition) is 6. The Balaban J connectivity index is 1.14. The van der Waals surface area contributed by atoms with E-state index in [0.29, 0.717) is 18.7 Å². The first-order valence-electron chi connectivity index (χ1n) is 11.3. The largest absolute Gasteiger partial charge is 0.339 e. The second-order valence-corrected chi connectivity index (χ2v) is 8.52. The van der Waals surface area contributed by atoms with E-state index in [1.165, 1.54) is 4.90 Å². The highest BCUT2D eigenvalue weighted by molar-refractivity contribution is 6.13. The van der Waals surface area contributed by atoms with Crippen molar-refractivity contribution < 1.29 is 9.59 Å². The molecule has 0 spiro atoms. The molecule has 2 aromatic heterocycles. The Labute approximate surface area is 187 Å². The van der Waals surface area contributed by atoms with Crippen molar-refractivity contribution in [2.75, 3.05) is 44.2 Å². The van der Waals surface area contributed by atoms with Crippen LogP contribution in [0, 0.1) is 0 Å². The fraction of sp³-hybridized carbons (Fsp3) is 0.417. The van der Waals surface area contributed by atoms with Gasteiger partial charge in [-0.2, -0.15) is 0 Å². The van der Waals surface area contributed by atoms with Gasteiger partial charge in [0.2, 0.25) is 11.9 Å². The van der Waals surface area contributed by atoms with Crippen molar-refractivity contribution in [3.8, 4) is 0 Å². The molecule has 0 atom stereocenters. The zero-order valence-corrected chi connectivity index (χ0v) is 18.4. The summed E-state index contributed by atoms with van der Waals surface area (Å²) in [4.78, 5) is 40.6. The number of nitrogens with zero attached hydrogens (tertiary/aromatic N) is 6. The third-order valence-electron chi connectivity index (χ3n) is 6.60. The number of carbonyl (C=O) groups is 2. The van der Waals surface area contributed by atoms with Gasteiger partial charge in [0.05, 0.1) is 6.42 Å². The van der Waals surface area contributed by atoms with Crippen LogP contribution in [-0.2, 0) is 18.3 Å². The summed E-state index contributed by atoms with van der Waals surface area (Å²) in [5.41, 5.74) is 2.53. The van der Waals surface area contributed by atoms with Gasteiger partial charge in [0, 0.05) is 68.6 Å². The minimum atomic E-state index is -0.161. The molecule has 2 aliphatic heterocycles. The number of para-hydroxylation sites is 1. The van der Waals surface area contributed by atoms with Crippen LogP contribution >= 0.6 is 0 Å². The predicted molar refractivity (Wildman–Crippen MR) is 123 cm³/mol. The van der Waals surface area contributed by atoms with Crippen LogP contribution in [-0.4, -0.2) is 75.4 Å². The predicted octanol–water partition coefficient (Wildman–Crippen LogP) is 2.10. The maximum absolute atomic E-state index is 13.1. The molecule has 1 aromatic carbocycles. The normalized spacial score (nSPS) is 17.3. The molecule has 2 amide bonds. The summed E-state index contributed by atoms with van der Waals surface area (Å²) in [7, 11) is 1.91. The second-order valence-electron chi connectivity index (χ2n) is 8.52. The van der Waals surface area contributed by atoms with Gasteiger partial charge in [-0.25, -0.2) is 9.97 Å². The molecular formula is C24H28N6O2. The van der Waals surface area contributed by atoms with Gasteiger partial charge in [0.15, 0.2) is 0 Å². The average Bonchev–Trinajstić information content (AvgIpc) is 3.11. The molecule has 0 bridgehead atoms. The number of imide groups is 1. The minimum absolute atomic E-state index is 0.0877. The van der Waals surface area contributed by atoms with Crippen LogP contribution in [0.4, 0.5) is 5.95 Å². The van der Waals surface area contributed by atoms with Crippen LogP contribution in [0.3, 0.4) is 0 Å². The lowest BCUT2D eigenvalue weighted by Crippen LogP contribution is -2.47. The minimum Gasteiger partial charge on any atom is -0.339 e. The Hall–Kier alpha value is -3.26. The monoisotopic (exact) mass is 432 g/mol. The van der Waals surface area contributed by atoms with E-state index in [9.17, 15) is 9.59 Å². The van der Waals surface area contributed by atoms with Crippen LogP contribution in [0.15, 0.2) is 42.7 Å². The van der Waals surface area contributed by atoms with E-state index in [1.807, 2.05) is 41.9 Å². The number of hydrogen-bond donors (Lipinski definition) is 0. The fourth-order valence-corrected chi connectivity index (χ4v) is 4.87. The van der Waals surface area contributed by atoms with Crippen molar-refractivity contribution in [2.45, 2.75) is 19.3 Å². The number of aryl methyl sites for hydroxylation is 1. The third-order valence-corrected chi connectivity index (χ3v) is 6.60. The third kappa shape index (κ3) is 3.75. The zero-order valence-electron chi connectivity index (χ0n) is 18.4. The van der Waals surface area contributed by atoms with Crippen LogP contribution in [0.5, 0.6) is 0 Å². The van der Waals surface area contributed by atoms with Gasteiger partial charge in [-0.3, -0.25) is 19.4 Å². The lowest BCUT2D eigenvalue weighted by atomic mass is 10.0. The molecule has 2 aliphatic rings. The second kappa shape index (κ2) is 8.70. The van der Waals surface area contributed by atoms with Crippen molar-refractivity contribution in [3.05, 3.63) is 54.0 Å². The summed E-state index contributed by atoms with van der Waals surface area (Å²) in [5.74, 6) is 0.545. The van der Waals surface area contributed by atoms with E-state index in [-0.39, 0.29) is 11.8 Å². The van der Waals surface area contributed by atoms with Gasteiger partial charge >= 0.3 is 0 Å². The number of benzene rings is 1. The first kappa shape index (κ1) is 20.6. The highest BCUT2D eigenvalue weighted by Gasteiger charge is 2.34. The summed E-state index contributed by atoms with van der Waals surface area (Å²) < 4.78 is 1.93. The molecule has 5 rings (SSSR count). The summed E-state index contributed by atoms with van der Waals surface area (Å²) in [6.45, 7) is 5.22. The lowest BCUT2D eigenvalue weighted by Gasteiger charge is -2.34. The Bertz CT molecular complexity index is 1130. The van der Waals surface area contributed by atoms with E-state index >= 15 is 0 Å². The quantitative estimate of drug-likeness (QED) is 0.439. The number of unbranched alkanes of at least 4 members (excludes halogenated alkanes) is 1. The molecule has 4 heterocycles. The smallest absolute Gasteiger partial charge is 0.277 e. The first-order valence-corrected chi connectivity index (χ1v) is 11.3. The maximum Gasteiger partial charge on any atom is 0.277 e.